The maximum Gasteiger partial charge on any atom is 0.410 e. The number of fused-ring (bicyclic) bond motifs is 1. The van der Waals surface area contributed by atoms with E-state index in [0.717, 1.165) is 4.90 Å². The third-order valence-corrected chi connectivity index (χ3v) is 3.82. The third-order valence-electron chi connectivity index (χ3n) is 3.82. The molecule has 0 aliphatic carbocycles. The Hall–Kier alpha value is -2.29. The lowest BCUT2D eigenvalue weighted by atomic mass is 10.1. The molecule has 2 aromatic rings. The van der Waals surface area contributed by atoms with Gasteiger partial charge in [-0.2, -0.15) is 13.2 Å². The van der Waals surface area contributed by atoms with Crippen molar-refractivity contribution in [3.63, 3.8) is 0 Å². The Morgan fingerprint density at radius 1 is 1.43 bits per heavy atom. The fourth-order valence-electron chi connectivity index (χ4n) is 2.65. The summed E-state index contributed by atoms with van der Waals surface area (Å²) in [6, 6.07) is 1.42. The first-order valence-corrected chi connectivity index (χ1v) is 7.02. The molecule has 1 saturated heterocycles. The highest BCUT2D eigenvalue weighted by Gasteiger charge is 2.46. The quantitative estimate of drug-likeness (QED) is 0.877. The molecule has 2 aromatic heterocycles. The molecular weight excluding hydrogens is 313 g/mol. The van der Waals surface area contributed by atoms with Crippen LogP contribution in [0.4, 0.5) is 13.2 Å². The van der Waals surface area contributed by atoms with E-state index in [4.69, 9.17) is 4.74 Å². The van der Waals surface area contributed by atoms with E-state index in [0.29, 0.717) is 23.5 Å². The zero-order valence-electron chi connectivity index (χ0n) is 12.3. The van der Waals surface area contributed by atoms with E-state index in [1.807, 2.05) is 0 Å². The Morgan fingerprint density at radius 2 is 2.22 bits per heavy atom. The smallest absolute Gasteiger partial charge is 0.410 e. The topological polar surface area (TPSA) is 70.2 Å². The predicted octanol–water partition coefficient (Wildman–Crippen LogP) is 1.55. The van der Waals surface area contributed by atoms with E-state index in [2.05, 4.69) is 15.3 Å². The molecule has 1 amide bonds. The second-order valence-corrected chi connectivity index (χ2v) is 5.21. The molecule has 1 aliphatic rings. The van der Waals surface area contributed by atoms with Crippen LogP contribution in [-0.4, -0.2) is 59.7 Å². The number of amides is 1. The first-order valence-electron chi connectivity index (χ1n) is 7.02. The molecule has 1 fully saturated rings. The van der Waals surface area contributed by atoms with Crippen LogP contribution in [0.25, 0.3) is 11.0 Å². The Bertz CT molecular complexity index is 728. The molecule has 1 unspecified atom stereocenters. The number of nitrogens with one attached hydrogen (secondary N) is 2. The minimum Gasteiger partial charge on any atom is -0.481 e. The van der Waals surface area contributed by atoms with Crippen molar-refractivity contribution in [3.05, 3.63) is 23.9 Å². The van der Waals surface area contributed by atoms with E-state index < -0.39 is 18.1 Å². The predicted molar refractivity (Wildman–Crippen MR) is 76.4 cm³/mol. The number of ether oxygens (including phenoxy) is 1. The van der Waals surface area contributed by atoms with Crippen molar-refractivity contribution in [3.8, 4) is 5.88 Å². The lowest BCUT2D eigenvalue weighted by Crippen LogP contribution is -2.59. The second kappa shape index (κ2) is 5.73. The number of aromatic amines is 1. The minimum atomic E-state index is -4.49. The van der Waals surface area contributed by atoms with Crippen molar-refractivity contribution in [2.24, 2.45) is 0 Å². The Kier molecular flexibility index (Phi) is 3.88. The van der Waals surface area contributed by atoms with Gasteiger partial charge in [0, 0.05) is 31.9 Å². The van der Waals surface area contributed by atoms with Crippen LogP contribution in [0.15, 0.2) is 18.3 Å². The number of halogens is 3. The standard InChI is InChI=1S/C14H15F3N4O2/c1-23-11-3-2-9-12(20-11)8(6-19-9)13(22)21-5-4-18-7-10(21)14(15,16)17/h2-3,6,10,18-19H,4-5,7H2,1H3. The molecule has 0 aromatic carbocycles. The van der Waals surface area contributed by atoms with Crippen LogP contribution >= 0.6 is 0 Å². The van der Waals surface area contributed by atoms with Gasteiger partial charge in [-0.3, -0.25) is 4.79 Å². The van der Waals surface area contributed by atoms with Gasteiger partial charge in [0.1, 0.15) is 11.6 Å². The molecule has 1 atom stereocenters. The van der Waals surface area contributed by atoms with Gasteiger partial charge in [-0.25, -0.2) is 4.98 Å². The third kappa shape index (κ3) is 2.83. The lowest BCUT2D eigenvalue weighted by Gasteiger charge is -2.37. The summed E-state index contributed by atoms with van der Waals surface area (Å²) in [4.78, 5) is 20.5. The highest BCUT2D eigenvalue weighted by atomic mass is 19.4. The molecule has 0 radical (unpaired) electrons. The number of methoxy groups -OCH3 is 1. The summed E-state index contributed by atoms with van der Waals surface area (Å²) in [6.07, 6.45) is -3.10. The van der Waals surface area contributed by atoms with E-state index in [-0.39, 0.29) is 18.7 Å². The summed E-state index contributed by atoms with van der Waals surface area (Å²) in [5, 5.41) is 2.67. The van der Waals surface area contributed by atoms with E-state index >= 15 is 0 Å². The van der Waals surface area contributed by atoms with Gasteiger partial charge in [0.15, 0.2) is 0 Å². The Balaban J connectivity index is 1.98. The average molecular weight is 328 g/mol. The van der Waals surface area contributed by atoms with Gasteiger partial charge in [0.05, 0.1) is 18.2 Å². The summed E-state index contributed by atoms with van der Waals surface area (Å²) in [6.45, 7) is -0.00851. The molecule has 0 spiro atoms. The number of nitrogens with zero attached hydrogens (tertiary/aromatic N) is 2. The zero-order chi connectivity index (χ0) is 16.6. The number of aromatic nitrogens is 2. The largest absolute Gasteiger partial charge is 0.481 e. The number of carbonyl (C=O) groups excluding carboxylic acids is 1. The normalized spacial score (nSPS) is 19.1. The molecule has 3 heterocycles. The fourth-order valence-corrected chi connectivity index (χ4v) is 2.65. The molecule has 2 N–H and O–H groups in total. The van der Waals surface area contributed by atoms with Gasteiger partial charge < -0.3 is 19.9 Å². The van der Waals surface area contributed by atoms with Crippen molar-refractivity contribution < 1.29 is 22.7 Å². The summed E-state index contributed by atoms with van der Waals surface area (Å²) in [5.74, 6) is -0.403. The Labute approximate surface area is 129 Å². The van der Waals surface area contributed by atoms with Crippen LogP contribution < -0.4 is 10.1 Å². The Morgan fingerprint density at radius 3 is 2.91 bits per heavy atom. The highest BCUT2D eigenvalue weighted by molar-refractivity contribution is 6.05. The molecule has 0 saturated carbocycles. The summed E-state index contributed by atoms with van der Waals surface area (Å²) in [7, 11) is 1.43. The second-order valence-electron chi connectivity index (χ2n) is 5.21. The van der Waals surface area contributed by atoms with Gasteiger partial charge in [-0.1, -0.05) is 0 Å². The number of rotatable bonds is 2. The molecular formula is C14H15F3N4O2. The number of H-pyrrole nitrogens is 1. The molecule has 9 heteroatoms. The molecule has 1 aliphatic heterocycles. The van der Waals surface area contributed by atoms with E-state index in [9.17, 15) is 18.0 Å². The number of hydrogen-bond acceptors (Lipinski definition) is 4. The zero-order valence-corrected chi connectivity index (χ0v) is 12.3. The molecule has 124 valence electrons. The van der Waals surface area contributed by atoms with Gasteiger partial charge in [0.25, 0.3) is 5.91 Å². The maximum atomic E-state index is 13.1. The number of pyridine rings is 1. The number of carbonyl (C=O) groups is 1. The average Bonchev–Trinajstić information content (AvgIpc) is 2.96. The minimum absolute atomic E-state index is 0.0142. The summed E-state index contributed by atoms with van der Waals surface area (Å²) < 4.78 is 44.5. The monoisotopic (exact) mass is 328 g/mol. The van der Waals surface area contributed by atoms with Crippen LogP contribution in [0.5, 0.6) is 5.88 Å². The molecule has 6 nitrogen and oxygen atoms in total. The van der Waals surface area contributed by atoms with Crippen LogP contribution in [0.2, 0.25) is 0 Å². The van der Waals surface area contributed by atoms with E-state index in [1.54, 1.807) is 12.1 Å². The van der Waals surface area contributed by atoms with Crippen LogP contribution in [0, 0.1) is 0 Å². The van der Waals surface area contributed by atoms with E-state index in [1.165, 1.54) is 13.3 Å². The molecule has 0 bridgehead atoms. The first-order chi connectivity index (χ1) is 10.9. The van der Waals surface area contributed by atoms with Crippen LogP contribution in [-0.2, 0) is 0 Å². The summed E-state index contributed by atoms with van der Waals surface area (Å²) >= 11 is 0. The van der Waals surface area contributed by atoms with Crippen LogP contribution in [0.1, 0.15) is 10.4 Å². The van der Waals surface area contributed by atoms with Crippen molar-refractivity contribution in [2.75, 3.05) is 26.7 Å². The maximum absolute atomic E-state index is 13.1. The number of piperazine rings is 1. The van der Waals surface area contributed by atoms with Crippen molar-refractivity contribution in [1.29, 1.82) is 0 Å². The van der Waals surface area contributed by atoms with Crippen LogP contribution in [0.3, 0.4) is 0 Å². The number of alkyl halides is 3. The SMILES string of the molecule is COc1ccc2[nH]cc(C(=O)N3CCNCC3C(F)(F)F)c2n1. The summed E-state index contributed by atoms with van der Waals surface area (Å²) in [5.41, 5.74) is 0.969. The lowest BCUT2D eigenvalue weighted by molar-refractivity contribution is -0.179. The van der Waals surface area contributed by atoms with Crippen molar-refractivity contribution in [2.45, 2.75) is 12.2 Å². The van der Waals surface area contributed by atoms with Gasteiger partial charge in [0.2, 0.25) is 5.88 Å². The number of hydrogen-bond donors (Lipinski definition) is 2. The van der Waals surface area contributed by atoms with Gasteiger partial charge >= 0.3 is 6.18 Å². The van der Waals surface area contributed by atoms with Gasteiger partial charge in [-0.15, -0.1) is 0 Å². The van der Waals surface area contributed by atoms with Crippen molar-refractivity contribution in [1.82, 2.24) is 20.2 Å². The van der Waals surface area contributed by atoms with Crippen molar-refractivity contribution >= 4 is 16.9 Å². The molecule has 3 rings (SSSR count). The fraction of sp³-hybridized carbons (Fsp3) is 0.429. The highest BCUT2D eigenvalue weighted by Crippen LogP contribution is 2.28. The first kappa shape index (κ1) is 15.6. The molecule has 23 heavy (non-hydrogen) atoms. The van der Waals surface area contributed by atoms with Gasteiger partial charge in [-0.05, 0) is 6.07 Å².